The van der Waals surface area contributed by atoms with E-state index in [-0.39, 0.29) is 12.1 Å². The van der Waals surface area contributed by atoms with Gasteiger partial charge >= 0.3 is 0 Å². The van der Waals surface area contributed by atoms with Gasteiger partial charge in [-0.05, 0) is 56.6 Å². The Labute approximate surface area is 157 Å². The number of nitrogens with zero attached hydrogens (tertiary/aromatic N) is 2. The molecule has 26 heavy (non-hydrogen) atoms. The molecule has 0 heterocycles. The molecule has 1 aliphatic carbocycles. The van der Waals surface area contributed by atoms with Crippen LogP contribution in [-0.4, -0.2) is 42.8 Å². The molecule has 1 aliphatic rings. The summed E-state index contributed by atoms with van der Waals surface area (Å²) in [6, 6.07) is 7.58. The van der Waals surface area contributed by atoms with Crippen LogP contribution in [0.2, 0.25) is 0 Å². The average molecular weight is 362 g/mol. The van der Waals surface area contributed by atoms with E-state index in [4.69, 9.17) is 4.74 Å². The van der Waals surface area contributed by atoms with Crippen LogP contribution in [0.4, 0.5) is 10.5 Å². The molecular formula is C21H33N2O3-. The highest BCUT2D eigenvalue weighted by molar-refractivity contribution is 5.85. The lowest BCUT2D eigenvalue weighted by atomic mass is 9.87. The minimum Gasteiger partial charge on any atom is -0.530 e. The van der Waals surface area contributed by atoms with Crippen LogP contribution in [0.5, 0.6) is 5.75 Å². The Hall–Kier alpha value is -1.75. The van der Waals surface area contributed by atoms with Crippen LogP contribution in [0, 0.1) is 0 Å². The molecule has 0 N–H and O–H groups in total. The van der Waals surface area contributed by atoms with Crippen LogP contribution in [0.3, 0.4) is 0 Å². The number of benzene rings is 1. The van der Waals surface area contributed by atoms with Gasteiger partial charge in [0.2, 0.25) is 0 Å². The summed E-state index contributed by atoms with van der Waals surface area (Å²) in [5.41, 5.74) is 0.678. The number of rotatable bonds is 9. The lowest BCUT2D eigenvalue weighted by Gasteiger charge is -2.45. The van der Waals surface area contributed by atoms with Gasteiger partial charge in [-0.2, -0.15) is 0 Å². The number of carbonyl (C=O) groups excluding carboxylic acids is 1. The third-order valence-electron chi connectivity index (χ3n) is 5.39. The number of ether oxygens (including phenoxy) is 1. The monoisotopic (exact) mass is 361 g/mol. The first-order chi connectivity index (χ1) is 12.6. The standard InChI is InChI=1S/C21H34N2O3/c1-4-7-16-26-18-14-12-17(13-15-18)23(21(24)25)20-11-9-8-10-19(20)22(5-2)6-3/h12-15,19-20H,4-11,16H2,1-3H3,(H,24,25)/p-1/t19-,20-/m1/s1. The molecule has 5 nitrogen and oxygen atoms in total. The zero-order valence-corrected chi connectivity index (χ0v) is 16.4. The van der Waals surface area contributed by atoms with E-state index in [1.54, 1.807) is 0 Å². The first-order valence-electron chi connectivity index (χ1n) is 10.1. The zero-order valence-electron chi connectivity index (χ0n) is 16.4. The first kappa shape index (κ1) is 20.6. The number of likely N-dealkylation sites (N-methyl/N-ethyl adjacent to an activating group) is 1. The molecule has 0 saturated heterocycles. The minimum atomic E-state index is -1.12. The third kappa shape index (κ3) is 5.13. The number of hydrogen-bond acceptors (Lipinski definition) is 4. The second kappa shape index (κ2) is 10.4. The van der Waals surface area contributed by atoms with Gasteiger partial charge in [-0.3, -0.25) is 4.90 Å². The number of carboxylic acid groups (broad SMARTS) is 1. The van der Waals surface area contributed by atoms with E-state index < -0.39 is 6.09 Å². The number of carbonyl (C=O) groups is 1. The van der Waals surface area contributed by atoms with Crippen molar-refractivity contribution < 1.29 is 14.6 Å². The molecule has 5 heteroatoms. The van der Waals surface area contributed by atoms with E-state index >= 15 is 0 Å². The summed E-state index contributed by atoms with van der Waals surface area (Å²) in [6.45, 7) is 8.96. The minimum absolute atomic E-state index is 0.0551. The summed E-state index contributed by atoms with van der Waals surface area (Å²) in [5.74, 6) is 0.782. The Morgan fingerprint density at radius 1 is 1.08 bits per heavy atom. The third-order valence-corrected chi connectivity index (χ3v) is 5.39. The Morgan fingerprint density at radius 2 is 1.69 bits per heavy atom. The number of hydrogen-bond donors (Lipinski definition) is 0. The lowest BCUT2D eigenvalue weighted by molar-refractivity contribution is -0.247. The Bertz CT molecular complexity index is 543. The summed E-state index contributed by atoms with van der Waals surface area (Å²) in [5, 5.41) is 12.0. The van der Waals surface area contributed by atoms with Crippen LogP contribution in [0.15, 0.2) is 24.3 Å². The van der Waals surface area contributed by atoms with Crippen molar-refractivity contribution >= 4 is 11.8 Å². The van der Waals surface area contributed by atoms with Gasteiger partial charge in [0.15, 0.2) is 0 Å². The maximum atomic E-state index is 12.0. The molecule has 146 valence electrons. The van der Waals surface area contributed by atoms with Gasteiger partial charge < -0.3 is 19.5 Å². The topological polar surface area (TPSA) is 55.8 Å². The predicted octanol–water partition coefficient (Wildman–Crippen LogP) is 3.67. The molecule has 0 radical (unpaired) electrons. The van der Waals surface area contributed by atoms with Crippen molar-refractivity contribution in [2.75, 3.05) is 24.6 Å². The molecule has 0 aliphatic heterocycles. The average Bonchev–Trinajstić information content (AvgIpc) is 2.65. The normalized spacial score (nSPS) is 20.2. The Balaban J connectivity index is 2.19. The summed E-state index contributed by atoms with van der Waals surface area (Å²) < 4.78 is 5.69. The molecule has 1 saturated carbocycles. The predicted molar refractivity (Wildman–Crippen MR) is 104 cm³/mol. The highest BCUT2D eigenvalue weighted by atomic mass is 16.5. The fourth-order valence-corrected chi connectivity index (χ4v) is 3.98. The van der Waals surface area contributed by atoms with Crippen LogP contribution in [0.1, 0.15) is 59.3 Å². The number of anilines is 1. The maximum Gasteiger partial charge on any atom is 0.141 e. The molecule has 2 atom stereocenters. The second-order valence-corrected chi connectivity index (χ2v) is 6.97. The van der Waals surface area contributed by atoms with Gasteiger partial charge in [0, 0.05) is 11.7 Å². The molecule has 0 unspecified atom stereocenters. The molecule has 0 spiro atoms. The van der Waals surface area contributed by atoms with Crippen molar-refractivity contribution in [2.24, 2.45) is 0 Å². The SMILES string of the molecule is CCCCOc1ccc(N(C(=O)[O-])[C@@H]2CCCC[C@H]2N(CC)CC)cc1. The van der Waals surface area contributed by atoms with Crippen molar-refractivity contribution in [3.05, 3.63) is 24.3 Å². The number of amides is 1. The molecular weight excluding hydrogens is 328 g/mol. The van der Waals surface area contributed by atoms with Gasteiger partial charge in [0.25, 0.3) is 0 Å². The van der Waals surface area contributed by atoms with Gasteiger partial charge in [-0.1, -0.05) is 40.0 Å². The van der Waals surface area contributed by atoms with E-state index in [0.29, 0.717) is 12.3 Å². The van der Waals surface area contributed by atoms with E-state index in [9.17, 15) is 9.90 Å². The molecule has 2 rings (SSSR count). The first-order valence-corrected chi connectivity index (χ1v) is 10.1. The van der Waals surface area contributed by atoms with Crippen molar-refractivity contribution in [3.8, 4) is 5.75 Å². The van der Waals surface area contributed by atoms with Crippen LogP contribution >= 0.6 is 0 Å². The Morgan fingerprint density at radius 3 is 2.23 bits per heavy atom. The second-order valence-electron chi connectivity index (χ2n) is 6.97. The van der Waals surface area contributed by atoms with E-state index in [2.05, 4.69) is 25.7 Å². The summed E-state index contributed by atoms with van der Waals surface area (Å²) in [4.78, 5) is 15.9. The van der Waals surface area contributed by atoms with Crippen LogP contribution in [0.25, 0.3) is 0 Å². The van der Waals surface area contributed by atoms with Crippen LogP contribution in [-0.2, 0) is 0 Å². The van der Waals surface area contributed by atoms with Gasteiger partial charge in [-0.25, -0.2) is 0 Å². The van der Waals surface area contributed by atoms with E-state index in [0.717, 1.165) is 57.4 Å². The van der Waals surface area contributed by atoms with E-state index in [1.165, 1.54) is 4.90 Å². The van der Waals surface area contributed by atoms with Gasteiger partial charge in [0.1, 0.15) is 11.8 Å². The van der Waals surface area contributed by atoms with Gasteiger partial charge in [0.05, 0.1) is 12.6 Å². The highest BCUT2D eigenvalue weighted by Crippen LogP contribution is 2.31. The zero-order chi connectivity index (χ0) is 18.9. The number of unbranched alkanes of at least 4 members (excludes halogenated alkanes) is 1. The maximum absolute atomic E-state index is 12.0. The molecule has 0 aromatic heterocycles. The van der Waals surface area contributed by atoms with Crippen molar-refractivity contribution in [2.45, 2.75) is 71.4 Å². The van der Waals surface area contributed by atoms with Crippen molar-refractivity contribution in [3.63, 3.8) is 0 Å². The highest BCUT2D eigenvalue weighted by Gasteiger charge is 2.34. The summed E-state index contributed by atoms with van der Waals surface area (Å²) in [6.07, 6.45) is 5.12. The summed E-state index contributed by atoms with van der Waals surface area (Å²) in [7, 11) is 0. The largest absolute Gasteiger partial charge is 0.530 e. The fraction of sp³-hybridized carbons (Fsp3) is 0.667. The van der Waals surface area contributed by atoms with Gasteiger partial charge in [-0.15, -0.1) is 0 Å². The van der Waals surface area contributed by atoms with Crippen LogP contribution < -0.4 is 14.7 Å². The molecule has 1 fully saturated rings. The molecule has 1 aromatic rings. The quantitative estimate of drug-likeness (QED) is 0.630. The fourth-order valence-electron chi connectivity index (χ4n) is 3.98. The van der Waals surface area contributed by atoms with Crippen molar-refractivity contribution in [1.82, 2.24) is 4.90 Å². The summed E-state index contributed by atoms with van der Waals surface area (Å²) >= 11 is 0. The molecule has 1 amide bonds. The Kier molecular flexibility index (Phi) is 8.23. The molecule has 1 aromatic carbocycles. The van der Waals surface area contributed by atoms with E-state index in [1.807, 2.05) is 24.3 Å². The smallest absolute Gasteiger partial charge is 0.141 e. The lowest BCUT2D eigenvalue weighted by Crippen LogP contribution is -2.58. The van der Waals surface area contributed by atoms with Crippen molar-refractivity contribution in [1.29, 1.82) is 0 Å². The molecule has 0 bridgehead atoms.